The molecule has 14 nitrogen and oxygen atoms in total. The topological polar surface area (TPSA) is 215 Å². The van der Waals surface area contributed by atoms with Gasteiger partial charge in [-0.2, -0.15) is 9.97 Å². The van der Waals surface area contributed by atoms with Crippen molar-refractivity contribution >= 4 is 46.2 Å². The van der Waals surface area contributed by atoms with E-state index in [9.17, 15) is 19.5 Å². The standard InChI is InChI=1S/C43H46FN9O5/c1-23-15-32-31-12-9-27-17-30(54)13-14-40(27,2)42(31,44)33(55)18-41(32)43(23,58-41)38(57)49-20-25-6-4-5-24(16-25)19-48-37(56)26-7-10-29(11-8-26)53(3)22-28-21-47-36-34(50-28)35(45)51-39(46)52-36/h4-8,10-11,13-14,16-17,21,23,31-33,55H,9,12,15,18-20,22H2,1-3H3,(H,48,56)(H,49,57)(H4,45,46,47,51,52)/t23-,31?,32+,33+,40+,41-,42+,43+/m1/s1. The number of aliphatic hydroxyl groups is 1. The molecule has 1 aliphatic heterocycles. The molecule has 3 heterocycles. The van der Waals surface area contributed by atoms with Crippen molar-refractivity contribution in [2.45, 2.75) is 82.1 Å². The van der Waals surface area contributed by atoms with Crippen molar-refractivity contribution in [1.29, 1.82) is 0 Å². The summed E-state index contributed by atoms with van der Waals surface area (Å²) in [5.74, 6) is -1.38. The normalized spacial score (nSPS) is 31.7. The molecule has 2 amide bonds. The van der Waals surface area contributed by atoms with Crippen LogP contribution in [0, 0.1) is 23.2 Å². The van der Waals surface area contributed by atoms with Crippen LogP contribution in [0.5, 0.6) is 0 Å². The van der Waals surface area contributed by atoms with Crippen molar-refractivity contribution in [1.82, 2.24) is 30.6 Å². The summed E-state index contributed by atoms with van der Waals surface area (Å²) >= 11 is 0. The highest BCUT2D eigenvalue weighted by Gasteiger charge is 2.88. The number of nitrogens with one attached hydrogen (secondary N) is 2. The van der Waals surface area contributed by atoms with Gasteiger partial charge in [0.25, 0.3) is 11.8 Å². The number of aliphatic hydroxyl groups excluding tert-OH is 1. The van der Waals surface area contributed by atoms with Crippen LogP contribution in [0.2, 0.25) is 0 Å². The van der Waals surface area contributed by atoms with Gasteiger partial charge in [0.2, 0.25) is 5.95 Å². The number of aromatic nitrogens is 4. The predicted molar refractivity (Wildman–Crippen MR) is 213 cm³/mol. The van der Waals surface area contributed by atoms with Crippen LogP contribution in [0.1, 0.15) is 66.7 Å². The molecule has 5 aliphatic rings. The Bertz CT molecular complexity index is 2440. The number of fused-ring (bicyclic) bond motifs is 5. The number of carbonyl (C=O) groups is 3. The van der Waals surface area contributed by atoms with Gasteiger partial charge in [0.1, 0.15) is 5.60 Å². The maximum Gasteiger partial charge on any atom is 0.255 e. The third-order valence-electron chi connectivity index (χ3n) is 13.6. The number of alkyl halides is 1. The number of carbonyl (C=O) groups excluding carboxylic acids is 3. The number of nitrogen functional groups attached to an aromatic ring is 2. The number of allylic oxidation sites excluding steroid dienone is 4. The molecule has 1 spiro atoms. The van der Waals surface area contributed by atoms with E-state index in [1.165, 1.54) is 12.2 Å². The average Bonchev–Trinajstić information content (AvgIpc) is 3.81. The SMILES string of the molecule is C[C@@H]1C[C@H]2C3CCC4=CC(=O)C=C[C@]4(C)[C@@]3(F)[C@@H](O)C[C@@]23O[C@]13C(=O)NCc1cccc(CNC(=O)c2ccc(N(C)Cc3cnc4nc(N)nc(N)c4n3)cc2)c1. The van der Waals surface area contributed by atoms with Gasteiger partial charge in [-0.1, -0.05) is 42.8 Å². The monoisotopic (exact) mass is 787 g/mol. The highest BCUT2D eigenvalue weighted by molar-refractivity contribution is 6.01. The van der Waals surface area contributed by atoms with Gasteiger partial charge in [0, 0.05) is 49.1 Å². The van der Waals surface area contributed by atoms with Crippen molar-refractivity contribution in [3.05, 3.63) is 101 Å². The number of hydrogen-bond donors (Lipinski definition) is 5. The number of ether oxygens (including phenoxy) is 1. The molecule has 2 aromatic heterocycles. The van der Waals surface area contributed by atoms with Crippen LogP contribution in [0.25, 0.3) is 11.2 Å². The van der Waals surface area contributed by atoms with Gasteiger partial charge < -0.3 is 36.8 Å². The first-order valence-electron chi connectivity index (χ1n) is 19.7. The van der Waals surface area contributed by atoms with Crippen molar-refractivity contribution in [2.24, 2.45) is 23.2 Å². The number of nitrogens with two attached hydrogens (primary N) is 2. The fraction of sp³-hybridized carbons (Fsp3) is 0.419. The first-order chi connectivity index (χ1) is 27.7. The van der Waals surface area contributed by atoms with E-state index < -0.39 is 34.3 Å². The fourth-order valence-electron chi connectivity index (χ4n) is 10.7. The summed E-state index contributed by atoms with van der Waals surface area (Å²) in [4.78, 5) is 58.2. The highest BCUT2D eigenvalue weighted by atomic mass is 19.1. The van der Waals surface area contributed by atoms with Gasteiger partial charge in [-0.15, -0.1) is 0 Å². The molecule has 4 aromatic rings. The van der Waals surface area contributed by atoms with E-state index in [2.05, 4.69) is 30.6 Å². The molecule has 0 bridgehead atoms. The van der Waals surface area contributed by atoms with E-state index in [-0.39, 0.29) is 60.7 Å². The van der Waals surface area contributed by atoms with Crippen LogP contribution in [-0.2, 0) is 34.0 Å². The fourth-order valence-corrected chi connectivity index (χ4v) is 10.7. The molecule has 3 saturated carbocycles. The summed E-state index contributed by atoms with van der Waals surface area (Å²) < 4.78 is 23.9. The Morgan fingerprint density at radius 2 is 1.79 bits per heavy atom. The van der Waals surface area contributed by atoms with Crippen LogP contribution in [0.3, 0.4) is 0 Å². The van der Waals surface area contributed by atoms with Crippen molar-refractivity contribution < 1.29 is 28.6 Å². The zero-order valence-electron chi connectivity index (χ0n) is 32.5. The highest BCUT2D eigenvalue weighted by Crippen LogP contribution is 2.76. The Kier molecular flexibility index (Phi) is 8.71. The maximum atomic E-state index is 17.5. The van der Waals surface area contributed by atoms with Gasteiger partial charge in [0.05, 0.1) is 24.5 Å². The molecule has 1 unspecified atom stereocenters. The molecule has 8 atom stereocenters. The third kappa shape index (κ3) is 5.61. The van der Waals surface area contributed by atoms with E-state index in [1.807, 2.05) is 55.3 Å². The molecule has 58 heavy (non-hydrogen) atoms. The molecule has 4 aliphatic carbocycles. The molecule has 7 N–H and O–H groups in total. The van der Waals surface area contributed by atoms with Crippen molar-refractivity contribution in [3.63, 3.8) is 0 Å². The van der Waals surface area contributed by atoms with E-state index in [0.29, 0.717) is 48.2 Å². The number of nitrogens with zero attached hydrogens (tertiary/aromatic N) is 5. The maximum absolute atomic E-state index is 17.5. The molecule has 1 saturated heterocycles. The zero-order chi connectivity index (χ0) is 40.8. The predicted octanol–water partition coefficient (Wildman–Crippen LogP) is 3.89. The number of rotatable bonds is 9. The lowest BCUT2D eigenvalue weighted by molar-refractivity contribution is -0.179. The Labute approximate surface area is 334 Å². The van der Waals surface area contributed by atoms with Gasteiger partial charge in [0.15, 0.2) is 34.0 Å². The Hall–Kier alpha value is -5.80. The second kappa shape index (κ2) is 13.4. The Balaban J connectivity index is 0.805. The van der Waals surface area contributed by atoms with Crippen molar-refractivity contribution in [2.75, 3.05) is 23.4 Å². The smallest absolute Gasteiger partial charge is 0.255 e. The number of epoxide rings is 1. The zero-order valence-corrected chi connectivity index (χ0v) is 32.5. The van der Waals surface area contributed by atoms with Crippen LogP contribution < -0.4 is 27.0 Å². The van der Waals surface area contributed by atoms with Gasteiger partial charge >= 0.3 is 0 Å². The molecule has 300 valence electrons. The Morgan fingerprint density at radius 1 is 1.05 bits per heavy atom. The van der Waals surface area contributed by atoms with E-state index in [1.54, 1.807) is 31.3 Å². The van der Waals surface area contributed by atoms with Crippen LogP contribution >= 0.6 is 0 Å². The number of halogens is 1. The van der Waals surface area contributed by atoms with E-state index in [0.717, 1.165) is 22.4 Å². The molecule has 4 fully saturated rings. The quantitative estimate of drug-likeness (QED) is 0.153. The summed E-state index contributed by atoms with van der Waals surface area (Å²) in [5.41, 5.74) is 11.6. The van der Waals surface area contributed by atoms with E-state index in [4.69, 9.17) is 16.2 Å². The number of amides is 2. The lowest BCUT2D eigenvalue weighted by Crippen LogP contribution is -2.66. The lowest BCUT2D eigenvalue weighted by atomic mass is 9.48. The third-order valence-corrected chi connectivity index (χ3v) is 13.6. The minimum Gasteiger partial charge on any atom is -0.390 e. The van der Waals surface area contributed by atoms with Gasteiger partial charge in [-0.3, -0.25) is 14.4 Å². The van der Waals surface area contributed by atoms with Gasteiger partial charge in [-0.05, 0) is 85.6 Å². The molecule has 9 rings (SSSR count). The molecular formula is C43H46FN9O5. The number of hydrogen-bond acceptors (Lipinski definition) is 12. The summed E-state index contributed by atoms with van der Waals surface area (Å²) in [6.45, 7) is 4.71. The first-order valence-corrected chi connectivity index (χ1v) is 19.7. The molecule has 0 radical (unpaired) electrons. The average molecular weight is 788 g/mol. The minimum atomic E-state index is -1.98. The molecular weight excluding hydrogens is 742 g/mol. The number of benzene rings is 2. The number of ketones is 1. The van der Waals surface area contributed by atoms with Gasteiger partial charge in [-0.25, -0.2) is 14.4 Å². The summed E-state index contributed by atoms with van der Waals surface area (Å²) in [7, 11) is 1.90. The largest absolute Gasteiger partial charge is 0.390 e. The lowest BCUT2D eigenvalue weighted by Gasteiger charge is -2.59. The molecule has 15 heteroatoms. The summed E-state index contributed by atoms with van der Waals surface area (Å²) in [5, 5.41) is 17.7. The summed E-state index contributed by atoms with van der Waals surface area (Å²) in [6, 6.07) is 14.8. The first kappa shape index (κ1) is 37.8. The minimum absolute atomic E-state index is 0.0187. The second-order valence-corrected chi connectivity index (χ2v) is 16.8. The van der Waals surface area contributed by atoms with Crippen molar-refractivity contribution in [3.8, 4) is 0 Å². The van der Waals surface area contributed by atoms with Crippen LogP contribution in [-0.4, -0.2) is 72.7 Å². The molecule has 2 aromatic carbocycles. The Morgan fingerprint density at radius 3 is 2.55 bits per heavy atom. The van der Waals surface area contributed by atoms with Crippen LogP contribution in [0.4, 0.5) is 21.8 Å². The second-order valence-electron chi connectivity index (χ2n) is 16.8. The summed E-state index contributed by atoms with van der Waals surface area (Å²) in [6.07, 6.45) is 6.50. The van der Waals surface area contributed by atoms with E-state index >= 15 is 4.39 Å². The number of anilines is 3. The van der Waals surface area contributed by atoms with Crippen LogP contribution in [0.15, 0.2) is 78.5 Å².